The molecule has 2 aromatic rings. The molecule has 1 atom stereocenters. The van der Waals surface area contributed by atoms with Crippen LogP contribution in [0.5, 0.6) is 0 Å². The number of hydrogen-bond acceptors (Lipinski definition) is 3. The second kappa shape index (κ2) is 7.73. The average Bonchev–Trinajstić information content (AvgIpc) is 2.51. The minimum Gasteiger partial charge on any atom is -0.353 e. The van der Waals surface area contributed by atoms with Crippen LogP contribution in [-0.2, 0) is 14.6 Å². The second-order valence-electron chi connectivity index (χ2n) is 4.93. The van der Waals surface area contributed by atoms with Crippen molar-refractivity contribution in [3.8, 4) is 0 Å². The van der Waals surface area contributed by atoms with E-state index in [1.807, 2.05) is 42.5 Å². The molecule has 0 saturated carbocycles. The number of hydrogen-bond donors (Lipinski definition) is 2. The molecule has 112 valence electrons. The molecule has 0 fully saturated rings. The van der Waals surface area contributed by atoms with Gasteiger partial charge >= 0.3 is 0 Å². The molecule has 5 nitrogen and oxygen atoms in total. The lowest BCUT2D eigenvalue weighted by molar-refractivity contribution is -0.447. The lowest BCUT2D eigenvalue weighted by atomic mass is 10.1. The average molecular weight is 289 g/mol. The lowest BCUT2D eigenvalue weighted by Crippen LogP contribution is -2.63. The van der Waals surface area contributed by atoms with Gasteiger partial charge in [-0.15, -0.1) is 0 Å². The third kappa shape index (κ3) is 4.53. The van der Waals surface area contributed by atoms with Gasteiger partial charge in [-0.25, -0.2) is 9.78 Å². The zero-order valence-corrected chi connectivity index (χ0v) is 12.2. The third-order valence-electron chi connectivity index (χ3n) is 3.26. The highest BCUT2D eigenvalue weighted by molar-refractivity contribution is 6.02. The normalized spacial score (nSPS) is 12.3. The summed E-state index contributed by atoms with van der Waals surface area (Å²) >= 11 is 0. The molecule has 0 aliphatic carbocycles. The van der Waals surface area contributed by atoms with E-state index in [4.69, 9.17) is 4.89 Å². The quantitative estimate of drug-likeness (QED) is 0.602. The number of benzene rings is 2. The molecule has 2 rings (SSSR count). The van der Waals surface area contributed by atoms with E-state index < -0.39 is 0 Å². The number of carbonyl (C=O) groups excluding carboxylic acids is 1. The van der Waals surface area contributed by atoms with Crippen LogP contribution >= 0.6 is 0 Å². The van der Waals surface area contributed by atoms with E-state index in [0.717, 1.165) is 16.5 Å². The van der Waals surface area contributed by atoms with Gasteiger partial charge < -0.3 is 11.1 Å². The van der Waals surface area contributed by atoms with E-state index in [-0.39, 0.29) is 11.9 Å². The molecule has 0 aliphatic rings. The van der Waals surface area contributed by atoms with Crippen molar-refractivity contribution in [3.63, 3.8) is 0 Å². The lowest BCUT2D eigenvalue weighted by Gasteiger charge is -2.10. The van der Waals surface area contributed by atoms with E-state index in [1.54, 1.807) is 0 Å². The summed E-state index contributed by atoms with van der Waals surface area (Å²) in [5.74, 6) is -0.0163. The summed E-state index contributed by atoms with van der Waals surface area (Å²) in [5, 5.41) is 5.11. The van der Waals surface area contributed by atoms with Crippen molar-refractivity contribution in [2.75, 3.05) is 19.0 Å². The largest absolute Gasteiger partial charge is 0.353 e. The number of carbonyl (C=O) groups is 1. The van der Waals surface area contributed by atoms with Crippen LogP contribution < -0.4 is 11.1 Å². The van der Waals surface area contributed by atoms with Crippen LogP contribution in [-0.4, -0.2) is 25.7 Å². The Labute approximate surface area is 124 Å². The van der Waals surface area contributed by atoms with Crippen molar-refractivity contribution in [1.82, 2.24) is 0 Å². The predicted molar refractivity (Wildman–Crippen MR) is 81.4 cm³/mol. The van der Waals surface area contributed by atoms with Crippen LogP contribution in [0.2, 0.25) is 0 Å². The van der Waals surface area contributed by atoms with Crippen molar-refractivity contribution in [3.05, 3.63) is 42.5 Å². The van der Waals surface area contributed by atoms with Crippen molar-refractivity contribution in [2.24, 2.45) is 0 Å². The van der Waals surface area contributed by atoms with Gasteiger partial charge in [0.15, 0.2) is 0 Å². The maximum absolute atomic E-state index is 12.0. The Hall–Kier alpha value is -1.95. The Balaban J connectivity index is 1.93. The number of anilines is 1. The predicted octanol–water partition coefficient (Wildman–Crippen LogP) is 1.75. The van der Waals surface area contributed by atoms with Crippen LogP contribution in [0.3, 0.4) is 0 Å². The second-order valence-corrected chi connectivity index (χ2v) is 4.93. The van der Waals surface area contributed by atoms with Gasteiger partial charge in [0.25, 0.3) is 0 Å². The summed E-state index contributed by atoms with van der Waals surface area (Å²) < 4.78 is 0. The fraction of sp³-hybridized carbons (Fsp3) is 0.312. The molecule has 0 spiro atoms. The van der Waals surface area contributed by atoms with Crippen molar-refractivity contribution in [2.45, 2.75) is 18.9 Å². The number of amides is 1. The van der Waals surface area contributed by atoms with Gasteiger partial charge in [0.2, 0.25) is 5.91 Å². The monoisotopic (exact) mass is 289 g/mol. The van der Waals surface area contributed by atoms with Crippen LogP contribution in [0.15, 0.2) is 42.5 Å². The molecule has 5 heteroatoms. The smallest absolute Gasteiger partial charge is 0.224 e. The van der Waals surface area contributed by atoms with Gasteiger partial charge in [-0.1, -0.05) is 36.4 Å². The number of fused-ring (bicyclic) bond motifs is 1. The van der Waals surface area contributed by atoms with Gasteiger partial charge in [0, 0.05) is 23.9 Å². The highest BCUT2D eigenvalue weighted by Gasteiger charge is 2.11. The molecule has 0 unspecified atom stereocenters. The van der Waals surface area contributed by atoms with Gasteiger partial charge in [0.05, 0.1) is 7.11 Å². The molecule has 0 radical (unpaired) electrons. The number of rotatable bonds is 7. The molecule has 4 N–H and O–H groups in total. The molecule has 2 aromatic carbocycles. The highest BCUT2D eigenvalue weighted by atomic mass is 17.2. The minimum absolute atomic E-state index is 0.0163. The first-order chi connectivity index (χ1) is 10.2. The topological polar surface area (TPSA) is 75.2 Å². The van der Waals surface area contributed by atoms with E-state index >= 15 is 0 Å². The fourth-order valence-corrected chi connectivity index (χ4v) is 2.13. The summed E-state index contributed by atoms with van der Waals surface area (Å²) in [6.45, 7) is 0.387. The van der Waals surface area contributed by atoms with Crippen LogP contribution in [0.1, 0.15) is 12.8 Å². The van der Waals surface area contributed by atoms with E-state index in [0.29, 0.717) is 19.4 Å². The maximum Gasteiger partial charge on any atom is 0.224 e. The Bertz CT molecular complexity index is 596. The maximum atomic E-state index is 12.0. The molecule has 0 heterocycles. The molecule has 0 bridgehead atoms. The SMILES string of the molecule is COOC[C@@H]([NH3+])CCC(=O)Nc1cccc2ccccc12. The number of nitrogens with one attached hydrogen (secondary N) is 1. The van der Waals surface area contributed by atoms with Crippen LogP contribution in [0.4, 0.5) is 5.69 Å². The van der Waals surface area contributed by atoms with E-state index in [1.165, 1.54) is 7.11 Å². The van der Waals surface area contributed by atoms with Gasteiger partial charge in [-0.05, 0) is 11.5 Å². The Morgan fingerprint density at radius 1 is 1.24 bits per heavy atom. The summed E-state index contributed by atoms with van der Waals surface area (Å²) in [7, 11) is 1.46. The van der Waals surface area contributed by atoms with Crippen molar-refractivity contribution >= 4 is 22.4 Å². The zero-order valence-electron chi connectivity index (χ0n) is 12.2. The molecule has 0 aliphatic heterocycles. The van der Waals surface area contributed by atoms with Crippen LogP contribution in [0.25, 0.3) is 10.8 Å². The Morgan fingerprint density at radius 2 is 2.00 bits per heavy atom. The molecule has 0 saturated heterocycles. The molecule has 0 aromatic heterocycles. The first kappa shape index (κ1) is 15.4. The van der Waals surface area contributed by atoms with Crippen molar-refractivity contribution < 1.29 is 20.3 Å². The minimum atomic E-state index is -0.0163. The van der Waals surface area contributed by atoms with Gasteiger partial charge in [-0.3, -0.25) is 4.79 Å². The third-order valence-corrected chi connectivity index (χ3v) is 3.26. The summed E-state index contributed by atoms with van der Waals surface area (Å²) in [6, 6.07) is 13.9. The molecule has 21 heavy (non-hydrogen) atoms. The van der Waals surface area contributed by atoms with Crippen molar-refractivity contribution in [1.29, 1.82) is 0 Å². The summed E-state index contributed by atoms with van der Waals surface area (Å²) in [5.41, 5.74) is 4.76. The Morgan fingerprint density at radius 3 is 2.81 bits per heavy atom. The molecular weight excluding hydrogens is 268 g/mol. The zero-order chi connectivity index (χ0) is 15.1. The summed E-state index contributed by atoms with van der Waals surface area (Å²) in [4.78, 5) is 21.4. The fourth-order valence-electron chi connectivity index (χ4n) is 2.13. The van der Waals surface area contributed by atoms with E-state index in [2.05, 4.69) is 15.9 Å². The summed E-state index contributed by atoms with van der Waals surface area (Å²) in [6.07, 6.45) is 1.06. The highest BCUT2D eigenvalue weighted by Crippen LogP contribution is 2.23. The van der Waals surface area contributed by atoms with E-state index in [9.17, 15) is 4.79 Å². The first-order valence-electron chi connectivity index (χ1n) is 6.97. The van der Waals surface area contributed by atoms with Gasteiger partial charge in [-0.2, -0.15) is 0 Å². The van der Waals surface area contributed by atoms with Crippen LogP contribution in [0, 0.1) is 0 Å². The Kier molecular flexibility index (Phi) is 5.68. The number of quaternary nitrogens is 1. The molecule has 1 amide bonds. The molecular formula is C16H21N2O3+. The van der Waals surface area contributed by atoms with Gasteiger partial charge in [0.1, 0.15) is 12.6 Å². The standard InChI is InChI=1S/C16H20N2O3/c1-20-21-11-13(17)9-10-16(19)18-15-8-4-6-12-5-2-3-7-14(12)15/h2-8,13H,9-11,17H2,1H3,(H,18,19)/p+1/t13-/m0/s1. The first-order valence-corrected chi connectivity index (χ1v) is 6.97.